The fraction of sp³-hybridized carbons (Fsp3) is 0.714. The molecule has 0 aromatic rings. The van der Waals surface area contributed by atoms with Gasteiger partial charge in [0.2, 0.25) is 11.8 Å². The van der Waals surface area contributed by atoms with Crippen molar-refractivity contribution in [3.63, 3.8) is 0 Å². The second-order valence-electron chi connectivity index (χ2n) is 5.54. The summed E-state index contributed by atoms with van der Waals surface area (Å²) >= 11 is 0. The van der Waals surface area contributed by atoms with Gasteiger partial charge < -0.3 is 10.6 Å². The van der Waals surface area contributed by atoms with Crippen LogP contribution >= 0.6 is 0 Å². The van der Waals surface area contributed by atoms with Crippen molar-refractivity contribution in [2.45, 2.75) is 47.1 Å². The number of nitrogens with one attached hydrogen (secondary N) is 2. The largest absolute Gasteiger partial charge is 0.353 e. The van der Waals surface area contributed by atoms with Crippen LogP contribution < -0.4 is 10.6 Å². The van der Waals surface area contributed by atoms with Crippen LogP contribution in [0.25, 0.3) is 0 Å². The Balaban J connectivity index is 4.35. The molecule has 0 radical (unpaired) electrons. The first-order valence-corrected chi connectivity index (χ1v) is 6.23. The quantitative estimate of drug-likeness (QED) is 0.700. The van der Waals surface area contributed by atoms with Crippen molar-refractivity contribution in [1.82, 2.24) is 10.6 Å². The molecular formula is C14H24N2O2. The molecule has 0 fully saturated rings. The third-order valence-electron chi connectivity index (χ3n) is 2.70. The first-order valence-electron chi connectivity index (χ1n) is 6.23. The molecule has 0 saturated heterocycles. The van der Waals surface area contributed by atoms with Crippen LogP contribution in [0, 0.1) is 23.7 Å². The smallest absolute Gasteiger partial charge is 0.226 e. The number of carbonyl (C=O) groups is 2. The third-order valence-corrected chi connectivity index (χ3v) is 2.70. The normalized spacial score (nSPS) is 12.7. The maximum absolute atomic E-state index is 11.9. The summed E-state index contributed by atoms with van der Waals surface area (Å²) in [6, 6.07) is -0.0496. The molecule has 18 heavy (non-hydrogen) atoms. The number of hydrogen-bond donors (Lipinski definition) is 2. The molecule has 0 aromatic carbocycles. The van der Waals surface area contributed by atoms with Gasteiger partial charge in [-0.2, -0.15) is 0 Å². The Morgan fingerprint density at radius 3 is 2.28 bits per heavy atom. The van der Waals surface area contributed by atoms with E-state index in [9.17, 15) is 9.59 Å². The zero-order chi connectivity index (χ0) is 14.3. The van der Waals surface area contributed by atoms with E-state index in [4.69, 9.17) is 6.42 Å². The van der Waals surface area contributed by atoms with Crippen molar-refractivity contribution in [2.24, 2.45) is 11.3 Å². The average molecular weight is 252 g/mol. The monoisotopic (exact) mass is 252 g/mol. The Hall–Kier alpha value is -1.50. The highest BCUT2D eigenvalue weighted by Gasteiger charge is 2.29. The van der Waals surface area contributed by atoms with Gasteiger partial charge in [-0.1, -0.05) is 33.6 Å². The summed E-state index contributed by atoms with van der Waals surface area (Å²) in [7, 11) is 0. The van der Waals surface area contributed by atoms with Crippen molar-refractivity contribution in [2.75, 3.05) is 6.54 Å². The number of carbonyl (C=O) groups excluding carboxylic acids is 2. The van der Waals surface area contributed by atoms with Gasteiger partial charge in [-0.05, 0) is 13.3 Å². The van der Waals surface area contributed by atoms with Crippen LogP contribution in [0.2, 0.25) is 0 Å². The summed E-state index contributed by atoms with van der Waals surface area (Å²) < 4.78 is 0. The number of hydrogen-bond acceptors (Lipinski definition) is 2. The molecule has 0 bridgehead atoms. The lowest BCUT2D eigenvalue weighted by molar-refractivity contribution is -0.131. The van der Waals surface area contributed by atoms with Crippen LogP contribution in [-0.2, 0) is 9.59 Å². The third kappa shape index (κ3) is 5.72. The van der Waals surface area contributed by atoms with E-state index in [0.29, 0.717) is 6.42 Å². The van der Waals surface area contributed by atoms with Crippen molar-refractivity contribution < 1.29 is 9.59 Å². The molecule has 4 nitrogen and oxygen atoms in total. The van der Waals surface area contributed by atoms with E-state index in [1.54, 1.807) is 0 Å². The highest BCUT2D eigenvalue weighted by Crippen LogP contribution is 2.22. The molecule has 0 rings (SSSR count). The van der Waals surface area contributed by atoms with Crippen molar-refractivity contribution in [3.05, 3.63) is 0 Å². The lowest BCUT2D eigenvalue weighted by atomic mass is 9.85. The number of amides is 2. The number of rotatable bonds is 6. The highest BCUT2D eigenvalue weighted by atomic mass is 16.2. The van der Waals surface area contributed by atoms with Crippen molar-refractivity contribution in [3.8, 4) is 12.3 Å². The summed E-state index contributed by atoms with van der Waals surface area (Å²) in [6.45, 7) is 9.50. The molecule has 0 aliphatic heterocycles. The maximum atomic E-state index is 11.9. The highest BCUT2D eigenvalue weighted by molar-refractivity contribution is 5.82. The Morgan fingerprint density at radius 1 is 1.28 bits per heavy atom. The molecule has 0 aliphatic rings. The van der Waals surface area contributed by atoms with Gasteiger partial charge in [-0.25, -0.2) is 0 Å². The summed E-state index contributed by atoms with van der Waals surface area (Å²) in [6.07, 6.45) is 5.67. The van der Waals surface area contributed by atoms with E-state index in [1.807, 2.05) is 34.6 Å². The van der Waals surface area contributed by atoms with Crippen LogP contribution in [0.3, 0.4) is 0 Å². The Labute approximate surface area is 110 Å². The summed E-state index contributed by atoms with van der Waals surface area (Å²) in [4.78, 5) is 23.4. The molecule has 2 amide bonds. The fourth-order valence-electron chi connectivity index (χ4n) is 1.69. The molecule has 1 atom stereocenters. The van der Waals surface area contributed by atoms with Crippen LogP contribution in [0.15, 0.2) is 0 Å². The van der Waals surface area contributed by atoms with E-state index < -0.39 is 5.41 Å². The van der Waals surface area contributed by atoms with Crippen molar-refractivity contribution in [1.29, 1.82) is 0 Å². The Morgan fingerprint density at radius 2 is 1.83 bits per heavy atom. The fourth-order valence-corrected chi connectivity index (χ4v) is 1.69. The van der Waals surface area contributed by atoms with E-state index in [1.165, 1.54) is 0 Å². The SMILES string of the molecule is C#CCNC(=O)C(C)(C)CC(C)NC(=O)C(C)C. The molecule has 0 saturated carbocycles. The van der Waals surface area contributed by atoms with Gasteiger partial charge >= 0.3 is 0 Å². The Bertz CT molecular complexity index is 340. The van der Waals surface area contributed by atoms with Crippen LogP contribution in [0.4, 0.5) is 0 Å². The number of terminal acetylenes is 1. The van der Waals surface area contributed by atoms with Crippen molar-refractivity contribution >= 4 is 11.8 Å². The molecule has 0 spiro atoms. The Kier molecular flexibility index (Phi) is 6.46. The molecule has 4 heteroatoms. The molecule has 1 unspecified atom stereocenters. The predicted octanol–water partition coefficient (Wildman–Crippen LogP) is 1.31. The lowest BCUT2D eigenvalue weighted by Crippen LogP contribution is -2.43. The minimum absolute atomic E-state index is 0.00216. The van der Waals surface area contributed by atoms with Crippen LogP contribution in [0.5, 0.6) is 0 Å². The minimum atomic E-state index is -0.555. The zero-order valence-corrected chi connectivity index (χ0v) is 12.0. The molecular weight excluding hydrogens is 228 g/mol. The maximum Gasteiger partial charge on any atom is 0.226 e. The summed E-state index contributed by atoms with van der Waals surface area (Å²) in [5.74, 6) is 2.23. The van der Waals surface area contributed by atoms with Gasteiger partial charge in [0.25, 0.3) is 0 Å². The average Bonchev–Trinajstić information content (AvgIpc) is 2.24. The summed E-state index contributed by atoms with van der Waals surface area (Å²) in [5.41, 5.74) is -0.555. The first-order chi connectivity index (χ1) is 8.20. The molecule has 2 N–H and O–H groups in total. The van der Waals surface area contributed by atoms with Crippen LogP contribution in [0.1, 0.15) is 41.0 Å². The second kappa shape index (κ2) is 7.05. The van der Waals surface area contributed by atoms with E-state index in [-0.39, 0.29) is 30.3 Å². The molecule has 0 aliphatic carbocycles. The predicted molar refractivity (Wildman–Crippen MR) is 72.7 cm³/mol. The first kappa shape index (κ1) is 16.5. The van der Waals surface area contributed by atoms with Gasteiger partial charge in [0.15, 0.2) is 0 Å². The van der Waals surface area contributed by atoms with Crippen LogP contribution in [-0.4, -0.2) is 24.4 Å². The zero-order valence-electron chi connectivity index (χ0n) is 12.0. The molecule has 0 heterocycles. The van der Waals surface area contributed by atoms with Gasteiger partial charge in [0.05, 0.1) is 6.54 Å². The van der Waals surface area contributed by atoms with E-state index in [2.05, 4.69) is 16.6 Å². The molecule has 0 aromatic heterocycles. The van der Waals surface area contributed by atoms with Gasteiger partial charge in [0, 0.05) is 17.4 Å². The minimum Gasteiger partial charge on any atom is -0.353 e. The van der Waals surface area contributed by atoms with E-state index in [0.717, 1.165) is 0 Å². The standard InChI is InChI=1S/C14H24N2O2/c1-7-8-15-13(18)14(5,6)9-11(4)16-12(17)10(2)3/h1,10-11H,8-9H2,2-6H3,(H,15,18)(H,16,17). The van der Waals surface area contributed by atoms with E-state index >= 15 is 0 Å². The molecule has 102 valence electrons. The van der Waals surface area contributed by atoms with Gasteiger partial charge in [-0.3, -0.25) is 9.59 Å². The lowest BCUT2D eigenvalue weighted by Gasteiger charge is -2.27. The topological polar surface area (TPSA) is 58.2 Å². The second-order valence-corrected chi connectivity index (χ2v) is 5.54. The van der Waals surface area contributed by atoms with Gasteiger partial charge in [0.1, 0.15) is 0 Å². The summed E-state index contributed by atoms with van der Waals surface area (Å²) in [5, 5.41) is 5.55. The van der Waals surface area contributed by atoms with Gasteiger partial charge in [-0.15, -0.1) is 6.42 Å².